The lowest BCUT2D eigenvalue weighted by atomic mass is 10.0. The van der Waals surface area contributed by atoms with Gasteiger partial charge in [0.25, 0.3) is 0 Å². The van der Waals surface area contributed by atoms with Gasteiger partial charge >= 0.3 is 12.1 Å². The number of nitrogens with zero attached hydrogens (tertiary/aromatic N) is 1. The number of aryl methyl sites for hydroxylation is 2. The predicted molar refractivity (Wildman–Crippen MR) is 177 cm³/mol. The van der Waals surface area contributed by atoms with Crippen molar-refractivity contribution in [2.24, 2.45) is 0 Å². The van der Waals surface area contributed by atoms with Crippen molar-refractivity contribution in [1.82, 2.24) is 4.90 Å². The minimum atomic E-state index is -2.43. The van der Waals surface area contributed by atoms with Gasteiger partial charge in [0.15, 0.2) is 0 Å². The molecule has 0 N–H and O–H groups in total. The second-order valence-corrected chi connectivity index (χ2v) is 22.6. The molecule has 228 valence electrons. The number of carbonyl (C=O) groups excluding carboxylic acids is 3. The Hall–Kier alpha value is -3.50. The normalized spacial score (nSPS) is 16.9. The van der Waals surface area contributed by atoms with Gasteiger partial charge in [-0.15, -0.1) is 0 Å². The summed E-state index contributed by atoms with van der Waals surface area (Å²) < 4.78 is 10.7. The summed E-state index contributed by atoms with van der Waals surface area (Å²) in [4.78, 5) is 41.7. The maximum atomic E-state index is 14.3. The number of hydrogen-bond donors (Lipinski definition) is 0. The molecule has 3 aromatic rings. The molecule has 2 amide bonds. The summed E-state index contributed by atoms with van der Waals surface area (Å²) in [6.45, 7) is 13.5. The van der Waals surface area contributed by atoms with E-state index in [1.807, 2.05) is 30.3 Å². The number of amides is 2. The van der Waals surface area contributed by atoms with E-state index in [-0.39, 0.29) is 48.4 Å². The molecule has 4 rings (SSSR count). The molecular weight excluding hydrogens is 571 g/mol. The van der Waals surface area contributed by atoms with Gasteiger partial charge < -0.3 is 9.47 Å². The molecule has 3 aromatic carbocycles. The predicted octanol–water partition coefficient (Wildman–Crippen LogP) is 6.12. The van der Waals surface area contributed by atoms with Crippen molar-refractivity contribution < 1.29 is 23.9 Å². The van der Waals surface area contributed by atoms with Gasteiger partial charge in [0.05, 0.1) is 29.3 Å². The van der Waals surface area contributed by atoms with E-state index in [2.05, 4.69) is 88.6 Å². The van der Waals surface area contributed by atoms with E-state index in [9.17, 15) is 14.4 Å². The number of carbonyl (C=O) groups is 3. The summed E-state index contributed by atoms with van der Waals surface area (Å²) in [5, 5.41) is 2.46. The quantitative estimate of drug-likeness (QED) is 0.192. The average molecular weight is 616 g/mol. The fourth-order valence-electron chi connectivity index (χ4n) is 6.55. The first-order chi connectivity index (χ1) is 20.3. The average Bonchev–Trinajstić information content (AvgIpc) is 3.34. The number of imide groups is 1. The second-order valence-electron chi connectivity index (χ2n) is 13.1. The number of methoxy groups -OCH3 is 1. The number of esters is 1. The Morgan fingerprint density at radius 2 is 1.30 bits per heavy atom. The highest BCUT2D eigenvalue weighted by molar-refractivity contribution is 6.96. The Balaban J connectivity index is 1.78. The largest absolute Gasteiger partial charge is 0.469 e. The lowest BCUT2D eigenvalue weighted by Crippen LogP contribution is -2.57. The van der Waals surface area contributed by atoms with Crippen molar-refractivity contribution in [3.63, 3.8) is 0 Å². The molecule has 0 saturated carbocycles. The lowest BCUT2D eigenvalue weighted by Gasteiger charge is -2.45. The summed E-state index contributed by atoms with van der Waals surface area (Å²) in [6.07, 6.45) is 0.343. The van der Waals surface area contributed by atoms with Crippen LogP contribution in [0.25, 0.3) is 0 Å². The van der Waals surface area contributed by atoms with E-state index < -0.39 is 22.2 Å². The Labute approximate surface area is 258 Å². The highest BCUT2D eigenvalue weighted by Gasteiger charge is 2.50. The topological polar surface area (TPSA) is 72.9 Å². The van der Waals surface area contributed by atoms with E-state index in [1.54, 1.807) is 0 Å². The summed E-state index contributed by atoms with van der Waals surface area (Å²) >= 11 is 0. The molecule has 0 bridgehead atoms. The Morgan fingerprint density at radius 1 is 0.814 bits per heavy atom. The molecule has 8 heteroatoms. The van der Waals surface area contributed by atoms with Gasteiger partial charge in [-0.2, -0.15) is 0 Å². The van der Waals surface area contributed by atoms with Crippen LogP contribution < -0.4 is 10.4 Å². The van der Waals surface area contributed by atoms with Gasteiger partial charge in [0.2, 0.25) is 5.91 Å². The van der Waals surface area contributed by atoms with Crippen LogP contribution in [-0.2, 0) is 25.5 Å². The number of cyclic esters (lactones) is 1. The number of ether oxygens (including phenoxy) is 2. The van der Waals surface area contributed by atoms with E-state index >= 15 is 0 Å². The molecule has 1 aliphatic heterocycles. The minimum Gasteiger partial charge on any atom is -0.469 e. The van der Waals surface area contributed by atoms with Gasteiger partial charge in [-0.05, 0) is 36.9 Å². The molecule has 0 aliphatic carbocycles. The third-order valence-electron chi connectivity index (χ3n) is 9.48. The molecule has 1 saturated heterocycles. The van der Waals surface area contributed by atoms with Gasteiger partial charge in [-0.3, -0.25) is 9.59 Å². The molecule has 0 aromatic heterocycles. The van der Waals surface area contributed by atoms with Crippen LogP contribution in [0.15, 0.2) is 78.9 Å². The van der Waals surface area contributed by atoms with E-state index in [0.717, 1.165) is 5.56 Å². The number of hydrogen-bond acceptors (Lipinski definition) is 5. The van der Waals surface area contributed by atoms with Crippen molar-refractivity contribution in [1.29, 1.82) is 0 Å². The SMILES string of the molecule is COC(=O)C[C@@H]([C@@H](CC(=O)N1C(=O)OC[C@@H]1Cc1ccccc1)[Si](C)(C)c1ccc(C)cc1)[Si](C)(C)c1ccc(C)cc1. The standard InChI is InChI=1S/C35H45NO5Si2/c1-25-13-17-29(18-14-25)42(4,5)31(32(23-34(38)40-3)43(6,7)30-19-15-26(2)16-20-30)22-33(37)36-28(24-41-35(36)39)21-27-11-9-8-10-12-27/h8-20,28,31-32H,21-24H2,1-7H3/t28-,31+,32-/m0/s1. The molecule has 43 heavy (non-hydrogen) atoms. The summed E-state index contributed by atoms with van der Waals surface area (Å²) in [7, 11) is -3.39. The molecule has 1 aliphatic rings. The third kappa shape index (κ3) is 7.36. The second kappa shape index (κ2) is 13.4. The zero-order chi connectivity index (χ0) is 31.4. The van der Waals surface area contributed by atoms with Gasteiger partial charge in [0.1, 0.15) is 6.61 Å². The maximum Gasteiger partial charge on any atom is 0.416 e. The van der Waals surface area contributed by atoms with Gasteiger partial charge in [-0.1, -0.05) is 127 Å². The number of benzene rings is 3. The monoisotopic (exact) mass is 615 g/mol. The van der Waals surface area contributed by atoms with Crippen molar-refractivity contribution >= 4 is 44.5 Å². The van der Waals surface area contributed by atoms with E-state index in [0.29, 0.717) is 6.42 Å². The molecule has 1 heterocycles. The van der Waals surface area contributed by atoms with Crippen LogP contribution in [0.3, 0.4) is 0 Å². The first-order valence-corrected chi connectivity index (χ1v) is 21.2. The Kier molecular flexibility index (Phi) is 10.1. The molecular formula is C35H45NO5Si2. The van der Waals surface area contributed by atoms with Crippen LogP contribution in [0.5, 0.6) is 0 Å². The van der Waals surface area contributed by atoms with Crippen molar-refractivity contribution in [3.05, 3.63) is 95.6 Å². The van der Waals surface area contributed by atoms with Crippen LogP contribution in [0.4, 0.5) is 4.79 Å². The maximum absolute atomic E-state index is 14.3. The summed E-state index contributed by atoms with van der Waals surface area (Å²) in [5.41, 5.74) is 3.17. The zero-order valence-corrected chi connectivity index (χ0v) is 28.6. The molecule has 1 fully saturated rings. The van der Waals surface area contributed by atoms with Crippen LogP contribution in [-0.4, -0.2) is 58.8 Å². The van der Waals surface area contributed by atoms with Crippen molar-refractivity contribution in [2.45, 2.75) is 76.4 Å². The van der Waals surface area contributed by atoms with Crippen LogP contribution in [0, 0.1) is 13.8 Å². The molecule has 0 radical (unpaired) electrons. The summed E-state index contributed by atoms with van der Waals surface area (Å²) in [5.74, 6) is -0.504. The first-order valence-electron chi connectivity index (χ1n) is 15.1. The molecule has 6 nitrogen and oxygen atoms in total. The van der Waals surface area contributed by atoms with Crippen LogP contribution in [0.2, 0.25) is 37.3 Å². The van der Waals surface area contributed by atoms with Gasteiger partial charge in [-0.25, -0.2) is 9.69 Å². The highest BCUT2D eigenvalue weighted by Crippen LogP contribution is 2.46. The third-order valence-corrected chi connectivity index (χ3v) is 18.4. The van der Waals surface area contributed by atoms with Gasteiger partial charge in [0, 0.05) is 12.8 Å². The fraction of sp³-hybridized carbons (Fsp3) is 0.400. The molecule has 0 unspecified atom stereocenters. The highest BCUT2D eigenvalue weighted by atomic mass is 28.3. The van der Waals surface area contributed by atoms with Crippen LogP contribution >= 0.6 is 0 Å². The van der Waals surface area contributed by atoms with Crippen molar-refractivity contribution in [2.75, 3.05) is 13.7 Å². The fourth-order valence-corrected chi connectivity index (χ4v) is 15.6. The first kappa shape index (κ1) is 32.4. The van der Waals surface area contributed by atoms with Crippen molar-refractivity contribution in [3.8, 4) is 0 Å². The zero-order valence-electron chi connectivity index (χ0n) is 26.6. The van der Waals surface area contributed by atoms with E-state index in [1.165, 1.54) is 33.5 Å². The van der Waals surface area contributed by atoms with E-state index in [4.69, 9.17) is 9.47 Å². The molecule has 3 atom stereocenters. The lowest BCUT2D eigenvalue weighted by molar-refractivity contribution is -0.141. The smallest absolute Gasteiger partial charge is 0.416 e. The Bertz CT molecular complexity index is 1420. The number of rotatable bonds is 11. The Morgan fingerprint density at radius 3 is 1.79 bits per heavy atom. The minimum absolute atomic E-state index is 0.0965. The molecule has 0 spiro atoms. The van der Waals surface area contributed by atoms with Crippen LogP contribution in [0.1, 0.15) is 29.5 Å². The summed E-state index contributed by atoms with van der Waals surface area (Å²) in [6, 6.07) is 26.7.